The van der Waals surface area contributed by atoms with Crippen LogP contribution in [-0.4, -0.2) is 26.6 Å². The smallest absolute Gasteiger partial charge is 0.253 e. The number of amides is 1. The molecule has 7 nitrogen and oxygen atoms in total. The average Bonchev–Trinajstić information content (AvgIpc) is 2.33. The lowest BCUT2D eigenvalue weighted by atomic mass is 10.1. The summed E-state index contributed by atoms with van der Waals surface area (Å²) in [4.78, 5) is 11.7. The monoisotopic (exact) mass is 290 g/mol. The number of carbonyl (C=O) groups is 1. The van der Waals surface area contributed by atoms with E-state index in [4.69, 9.17) is 11.0 Å². The molecule has 0 unspecified atom stereocenters. The van der Waals surface area contributed by atoms with E-state index in [1.54, 1.807) is 0 Å². The van der Waals surface area contributed by atoms with Crippen LogP contribution in [0.25, 0.3) is 0 Å². The topological polar surface area (TPSA) is 127 Å². The molecule has 19 heavy (non-hydrogen) atoms. The molecule has 1 aromatic carbocycles. The number of rotatable bonds is 6. The van der Waals surface area contributed by atoms with Gasteiger partial charge in [-0.05, 0) is 18.6 Å². The second-order valence-corrected chi connectivity index (χ2v) is 5.52. The SMILES string of the molecule is NNc1c(F)cccc1C(=O)NCCCS(N)(=O)=O. The average molecular weight is 290 g/mol. The number of nitrogen functional groups attached to an aromatic ring is 1. The van der Waals surface area contributed by atoms with Crippen molar-refractivity contribution in [2.75, 3.05) is 17.7 Å². The number of nitrogens with two attached hydrogens (primary N) is 2. The Labute approximate surface area is 110 Å². The molecule has 0 aliphatic heterocycles. The number of hydrogen-bond donors (Lipinski definition) is 4. The largest absolute Gasteiger partial charge is 0.352 e. The van der Waals surface area contributed by atoms with Gasteiger partial charge in [0.05, 0.1) is 17.0 Å². The van der Waals surface area contributed by atoms with Crippen LogP contribution >= 0.6 is 0 Å². The predicted molar refractivity (Wildman–Crippen MR) is 69.1 cm³/mol. The summed E-state index contributed by atoms with van der Waals surface area (Å²) in [5.41, 5.74) is 2.03. The first kappa shape index (κ1) is 15.3. The number of carbonyl (C=O) groups excluding carboxylic acids is 1. The third-order valence-electron chi connectivity index (χ3n) is 2.29. The Hall–Kier alpha value is -1.71. The number of benzene rings is 1. The molecule has 0 atom stereocenters. The highest BCUT2D eigenvalue weighted by atomic mass is 32.2. The first-order valence-corrected chi connectivity index (χ1v) is 7.10. The van der Waals surface area contributed by atoms with Crippen molar-refractivity contribution in [3.63, 3.8) is 0 Å². The van der Waals surface area contributed by atoms with Crippen LogP contribution in [0.1, 0.15) is 16.8 Å². The fourth-order valence-corrected chi connectivity index (χ4v) is 1.98. The fourth-order valence-electron chi connectivity index (χ4n) is 1.43. The molecule has 9 heteroatoms. The van der Waals surface area contributed by atoms with Gasteiger partial charge in [0.1, 0.15) is 5.82 Å². The lowest BCUT2D eigenvalue weighted by Gasteiger charge is -2.10. The Morgan fingerprint density at radius 1 is 1.37 bits per heavy atom. The van der Waals surface area contributed by atoms with Gasteiger partial charge in [-0.1, -0.05) is 6.07 Å². The van der Waals surface area contributed by atoms with Crippen molar-refractivity contribution in [3.8, 4) is 0 Å². The number of nitrogens with one attached hydrogen (secondary N) is 2. The first-order chi connectivity index (χ1) is 8.85. The highest BCUT2D eigenvalue weighted by Gasteiger charge is 2.14. The van der Waals surface area contributed by atoms with Crippen LogP contribution < -0.4 is 21.7 Å². The number of para-hydroxylation sites is 1. The number of anilines is 1. The van der Waals surface area contributed by atoms with E-state index in [1.165, 1.54) is 12.1 Å². The van der Waals surface area contributed by atoms with E-state index in [2.05, 4.69) is 10.7 Å². The molecule has 0 spiro atoms. The molecule has 0 saturated heterocycles. The van der Waals surface area contributed by atoms with Crippen molar-refractivity contribution in [1.29, 1.82) is 0 Å². The van der Waals surface area contributed by atoms with Crippen molar-refractivity contribution in [2.45, 2.75) is 6.42 Å². The Morgan fingerprint density at radius 2 is 2.05 bits per heavy atom. The molecule has 1 rings (SSSR count). The van der Waals surface area contributed by atoms with Gasteiger partial charge in [-0.25, -0.2) is 17.9 Å². The van der Waals surface area contributed by atoms with Gasteiger partial charge in [0.15, 0.2) is 0 Å². The normalized spacial score (nSPS) is 11.1. The quantitative estimate of drug-likeness (QED) is 0.320. The minimum atomic E-state index is -3.55. The van der Waals surface area contributed by atoms with E-state index in [-0.39, 0.29) is 30.0 Å². The molecule has 0 aromatic heterocycles. The Balaban J connectivity index is 2.62. The van der Waals surface area contributed by atoms with E-state index in [0.29, 0.717) is 0 Å². The van der Waals surface area contributed by atoms with E-state index >= 15 is 0 Å². The molecule has 1 amide bonds. The molecule has 0 heterocycles. The highest BCUT2D eigenvalue weighted by molar-refractivity contribution is 7.89. The second-order valence-electron chi connectivity index (χ2n) is 3.78. The zero-order valence-electron chi connectivity index (χ0n) is 10.0. The van der Waals surface area contributed by atoms with E-state index in [1.807, 2.05) is 0 Å². The third-order valence-corrected chi connectivity index (χ3v) is 3.15. The van der Waals surface area contributed by atoms with E-state index in [9.17, 15) is 17.6 Å². The van der Waals surface area contributed by atoms with Crippen LogP contribution in [0.3, 0.4) is 0 Å². The summed E-state index contributed by atoms with van der Waals surface area (Å²) in [6.07, 6.45) is 0.172. The number of halogens is 1. The maximum atomic E-state index is 13.3. The summed E-state index contributed by atoms with van der Waals surface area (Å²) in [6, 6.07) is 3.93. The number of primary sulfonamides is 1. The molecular weight excluding hydrogens is 275 g/mol. The first-order valence-electron chi connectivity index (χ1n) is 5.39. The molecule has 0 radical (unpaired) electrons. The minimum Gasteiger partial charge on any atom is -0.352 e. The van der Waals surface area contributed by atoms with Crippen molar-refractivity contribution >= 4 is 21.6 Å². The van der Waals surface area contributed by atoms with Gasteiger partial charge in [0.2, 0.25) is 10.0 Å². The summed E-state index contributed by atoms with van der Waals surface area (Å²) < 4.78 is 34.7. The van der Waals surface area contributed by atoms with Crippen LogP contribution in [0, 0.1) is 5.82 Å². The van der Waals surface area contributed by atoms with Gasteiger partial charge in [0.25, 0.3) is 5.91 Å². The van der Waals surface area contributed by atoms with Crippen LogP contribution in [0.5, 0.6) is 0 Å². The van der Waals surface area contributed by atoms with Crippen molar-refractivity contribution in [2.24, 2.45) is 11.0 Å². The summed E-state index contributed by atoms with van der Waals surface area (Å²) in [5.74, 6) is 3.69. The maximum Gasteiger partial charge on any atom is 0.253 e. The zero-order valence-corrected chi connectivity index (χ0v) is 10.8. The minimum absolute atomic E-state index is 0.0399. The van der Waals surface area contributed by atoms with Crippen LogP contribution in [0.4, 0.5) is 10.1 Å². The Morgan fingerprint density at radius 3 is 2.63 bits per heavy atom. The van der Waals surface area contributed by atoms with Gasteiger partial charge < -0.3 is 10.7 Å². The molecule has 1 aromatic rings. The van der Waals surface area contributed by atoms with Crippen molar-refractivity contribution < 1.29 is 17.6 Å². The predicted octanol–water partition coefficient (Wildman–Crippen LogP) is -0.480. The Kier molecular flexibility index (Phi) is 5.21. The van der Waals surface area contributed by atoms with Crippen molar-refractivity contribution in [1.82, 2.24) is 5.32 Å². The molecule has 0 aliphatic rings. The van der Waals surface area contributed by atoms with Crippen LogP contribution in [0.15, 0.2) is 18.2 Å². The zero-order chi connectivity index (χ0) is 14.5. The lowest BCUT2D eigenvalue weighted by Crippen LogP contribution is -2.28. The number of sulfonamides is 1. The van der Waals surface area contributed by atoms with E-state index in [0.717, 1.165) is 6.07 Å². The number of hydrazine groups is 1. The lowest BCUT2D eigenvalue weighted by molar-refractivity contribution is 0.0954. The highest BCUT2D eigenvalue weighted by Crippen LogP contribution is 2.18. The van der Waals surface area contributed by atoms with Gasteiger partial charge in [-0.3, -0.25) is 10.6 Å². The molecule has 0 saturated carbocycles. The summed E-state index contributed by atoms with van der Waals surface area (Å²) >= 11 is 0. The molecule has 0 aliphatic carbocycles. The summed E-state index contributed by atoms with van der Waals surface area (Å²) in [6.45, 7) is 0.107. The molecule has 106 valence electrons. The van der Waals surface area contributed by atoms with Crippen molar-refractivity contribution in [3.05, 3.63) is 29.6 Å². The van der Waals surface area contributed by atoms with E-state index < -0.39 is 21.7 Å². The van der Waals surface area contributed by atoms with Crippen LogP contribution in [-0.2, 0) is 10.0 Å². The molecule has 0 fully saturated rings. The standard InChI is InChI=1S/C10H15FN4O3S/c11-8-4-1-3-7(9(8)15-12)10(16)14-5-2-6-19(13,17)18/h1,3-4,15H,2,5-6,12H2,(H,14,16)(H2,13,17,18). The van der Waals surface area contributed by atoms with Gasteiger partial charge in [-0.15, -0.1) is 0 Å². The van der Waals surface area contributed by atoms with Gasteiger partial charge >= 0.3 is 0 Å². The third kappa shape index (κ3) is 4.81. The number of hydrogen-bond acceptors (Lipinski definition) is 5. The van der Waals surface area contributed by atoms with Crippen LogP contribution in [0.2, 0.25) is 0 Å². The summed E-state index contributed by atoms with van der Waals surface area (Å²) in [7, 11) is -3.55. The van der Waals surface area contributed by atoms with Gasteiger partial charge in [-0.2, -0.15) is 0 Å². The van der Waals surface area contributed by atoms with Gasteiger partial charge in [0, 0.05) is 6.54 Å². The summed E-state index contributed by atoms with van der Waals surface area (Å²) in [5, 5.41) is 7.26. The second kappa shape index (κ2) is 6.45. The molecular formula is C10H15FN4O3S. The molecule has 0 bridgehead atoms. The Bertz CT molecular complexity index is 562. The maximum absolute atomic E-state index is 13.3. The molecule has 6 N–H and O–H groups in total. The fraction of sp³-hybridized carbons (Fsp3) is 0.300.